The third-order valence-electron chi connectivity index (χ3n) is 19.6. The van der Waals surface area contributed by atoms with Crippen molar-refractivity contribution in [2.75, 3.05) is 65.6 Å². The van der Waals surface area contributed by atoms with Crippen LogP contribution in [0.4, 0.5) is 15.3 Å². The molecule has 28 nitrogen and oxygen atoms in total. The number of carboxylic acid groups (broad SMARTS) is 1. The van der Waals surface area contributed by atoms with Gasteiger partial charge in [0, 0.05) is 77.8 Å². The van der Waals surface area contributed by atoms with Crippen LogP contribution in [0.25, 0.3) is 0 Å². The van der Waals surface area contributed by atoms with Gasteiger partial charge in [-0.25, -0.2) is 9.59 Å². The fourth-order valence-corrected chi connectivity index (χ4v) is 14.7. The molecule has 2 saturated heterocycles. The van der Waals surface area contributed by atoms with Crippen molar-refractivity contribution >= 4 is 94.5 Å². The predicted molar refractivity (Wildman–Crippen MR) is 384 cm³/mol. The smallest absolute Gasteiger partial charge is 0.410 e. The highest BCUT2D eigenvalue weighted by Crippen LogP contribution is 2.52. The highest BCUT2D eigenvalue weighted by Gasteiger charge is 2.48. The summed E-state index contributed by atoms with van der Waals surface area (Å²) in [6.45, 7) is 16.5. The van der Waals surface area contributed by atoms with E-state index in [1.54, 1.807) is 115 Å². The van der Waals surface area contributed by atoms with Gasteiger partial charge in [-0.1, -0.05) is 118 Å². The van der Waals surface area contributed by atoms with E-state index in [2.05, 4.69) is 31.9 Å². The van der Waals surface area contributed by atoms with Gasteiger partial charge in [0.25, 0.3) is 0 Å². The van der Waals surface area contributed by atoms with Crippen molar-refractivity contribution in [1.82, 2.24) is 46.2 Å². The number of likely N-dealkylation sites (N-methyl/N-ethyl adjacent to an activating group) is 2. The Morgan fingerprint density at radius 1 is 0.755 bits per heavy atom. The van der Waals surface area contributed by atoms with Crippen molar-refractivity contribution in [2.45, 2.75) is 213 Å². The van der Waals surface area contributed by atoms with Gasteiger partial charge in [0.2, 0.25) is 53.2 Å². The minimum absolute atomic E-state index is 0.0426. The molecule has 2 heterocycles. The summed E-state index contributed by atoms with van der Waals surface area (Å²) in [7, 11) is 6.03. The second kappa shape index (κ2) is 40.6. The largest absolute Gasteiger partial charge is 0.481 e. The number of rotatable bonds is 43. The maximum absolute atomic E-state index is 14.8. The van der Waals surface area contributed by atoms with Crippen LogP contribution in [0.3, 0.4) is 0 Å². The molecule has 0 bridgehead atoms. The molecule has 102 heavy (non-hydrogen) atoms. The van der Waals surface area contributed by atoms with Crippen molar-refractivity contribution in [3.05, 3.63) is 65.7 Å². The average molecular weight is 1450 g/mol. The molecule has 1 saturated carbocycles. The Morgan fingerprint density at radius 3 is 2.01 bits per heavy atom. The van der Waals surface area contributed by atoms with Crippen molar-refractivity contribution in [3.8, 4) is 0 Å². The number of likely N-dealkylation sites (tertiary alicyclic amines) is 2. The quantitative estimate of drug-likeness (QED) is 0.0213. The van der Waals surface area contributed by atoms with Crippen LogP contribution in [-0.4, -0.2) is 216 Å². The van der Waals surface area contributed by atoms with Gasteiger partial charge < -0.3 is 66.8 Å². The summed E-state index contributed by atoms with van der Waals surface area (Å²) in [5, 5.41) is 25.2. The lowest BCUT2D eigenvalue weighted by molar-refractivity contribution is -0.148. The molecule has 0 spiro atoms. The Hall–Kier alpha value is -8.18. The number of aliphatic carboxylic acids is 1. The summed E-state index contributed by atoms with van der Waals surface area (Å²) in [5.41, 5.74) is 6.26. The number of carbonyl (C=O) groups is 13. The Bertz CT molecular complexity index is 3210. The van der Waals surface area contributed by atoms with Crippen LogP contribution >= 0.6 is 11.8 Å². The van der Waals surface area contributed by atoms with Crippen LogP contribution in [-0.2, 0) is 68.8 Å². The van der Waals surface area contributed by atoms with E-state index < -0.39 is 125 Å². The molecule has 0 aromatic heterocycles. The van der Waals surface area contributed by atoms with Crippen LogP contribution in [0, 0.1) is 35.0 Å². The van der Waals surface area contributed by atoms with E-state index in [-0.39, 0.29) is 106 Å². The van der Waals surface area contributed by atoms with Gasteiger partial charge in [-0.15, -0.1) is 11.8 Å². The van der Waals surface area contributed by atoms with Gasteiger partial charge in [-0.2, -0.15) is 0 Å². The van der Waals surface area contributed by atoms with Gasteiger partial charge in [0.05, 0.1) is 54.8 Å². The number of urea groups is 1. The summed E-state index contributed by atoms with van der Waals surface area (Å²) < 4.78 is 17.7. The van der Waals surface area contributed by atoms with Crippen LogP contribution < -0.4 is 37.6 Å². The third-order valence-corrected chi connectivity index (χ3v) is 21.2. The Labute approximate surface area is 604 Å². The molecule has 0 radical (unpaired) electrons. The zero-order valence-corrected chi connectivity index (χ0v) is 62.5. The first kappa shape index (κ1) is 84.5. The van der Waals surface area contributed by atoms with Gasteiger partial charge in [0.1, 0.15) is 30.8 Å². The molecule has 29 heteroatoms. The first-order valence-electron chi connectivity index (χ1n) is 35.7. The van der Waals surface area contributed by atoms with Crippen LogP contribution in [0.2, 0.25) is 0 Å². The lowest BCUT2D eigenvalue weighted by Gasteiger charge is -2.41. The number of nitrogens with zero attached hydrogens (tertiary/aromatic N) is 4. The number of amides is 12. The molecule has 1 aliphatic carbocycles. The number of carbonyl (C=O) groups excluding carboxylic acids is 12. The Balaban J connectivity index is 1.14. The molecule has 2 aliphatic heterocycles. The number of Topliss-reactive ketones (excluding diaryl/α,β-unsaturated/α-hetero) is 1. The molecule has 2 aromatic rings. The summed E-state index contributed by atoms with van der Waals surface area (Å²) in [5.74, 6) is -6.70. The number of hydrogen-bond donors (Lipinski definition) is 8. The number of nitrogens with one attached hydrogen (secondary N) is 6. The fourth-order valence-electron chi connectivity index (χ4n) is 13.3. The molecule has 3 fully saturated rings. The predicted octanol–water partition coefficient (Wildman–Crippen LogP) is 6.03. The number of imide groups is 1. The topological polar surface area (TPSA) is 381 Å². The van der Waals surface area contributed by atoms with E-state index >= 15 is 0 Å². The molecule has 3 aliphatic rings. The van der Waals surface area contributed by atoms with E-state index in [0.29, 0.717) is 67.6 Å². The van der Waals surface area contributed by atoms with Crippen LogP contribution in [0.15, 0.2) is 54.6 Å². The summed E-state index contributed by atoms with van der Waals surface area (Å²) in [6, 6.07) is 8.78. The van der Waals surface area contributed by atoms with Gasteiger partial charge >= 0.3 is 18.1 Å². The lowest BCUT2D eigenvalue weighted by Crippen LogP contribution is -2.60. The minimum Gasteiger partial charge on any atom is -0.481 e. The first-order chi connectivity index (χ1) is 48.3. The summed E-state index contributed by atoms with van der Waals surface area (Å²) in [4.78, 5) is 179. The van der Waals surface area contributed by atoms with Gasteiger partial charge in [-0.05, 0) is 98.1 Å². The van der Waals surface area contributed by atoms with E-state index in [1.165, 1.54) is 47.7 Å². The zero-order chi connectivity index (χ0) is 75.7. The molecule has 12 amide bonds. The number of anilines is 1. The Kier molecular flexibility index (Phi) is 33.6. The Morgan fingerprint density at radius 2 is 1.42 bits per heavy atom. The van der Waals surface area contributed by atoms with Crippen molar-refractivity contribution in [3.63, 3.8) is 0 Å². The number of benzene rings is 2. The molecular weight excluding hydrogens is 1330 g/mol. The summed E-state index contributed by atoms with van der Waals surface area (Å²) in [6.07, 6.45) is 2.83. The highest BCUT2D eigenvalue weighted by molar-refractivity contribution is 8.00. The SMILES string of the molecule is CC[C@H](C)[C@@H]([C@@H](CC(=O)N1CCC[C@H]1[C@H](OC)[C@@H](C)C(=O)NCC(=O)c1ccccc1)OC)N(C)C(=O)[C@@H](NC(=O)[C@H](C(C)C)N(C)C(=O)OCc1ccc(NC(=O)[C@H](CCCNC(N)=O)NC(=O)[C@@H](NC(=O)CCCCCN2C(=O)CC(SCC3(CC(=O)O)CC3)C2=O)C(C)C)cc1)C(C)C. The zero-order valence-electron chi connectivity index (χ0n) is 61.7. The van der Waals surface area contributed by atoms with Crippen molar-refractivity contribution in [1.29, 1.82) is 0 Å². The van der Waals surface area contributed by atoms with Crippen molar-refractivity contribution in [2.24, 2.45) is 40.7 Å². The van der Waals surface area contributed by atoms with E-state index in [1.807, 2.05) is 13.8 Å². The number of hydrogen-bond acceptors (Lipinski definition) is 17. The fraction of sp³-hybridized carbons (Fsp3) is 0.658. The van der Waals surface area contributed by atoms with E-state index in [4.69, 9.17) is 19.9 Å². The molecule has 2 aromatic carbocycles. The monoisotopic (exact) mass is 1450 g/mol. The number of ether oxygens (including phenoxy) is 3. The second-order valence-electron chi connectivity index (χ2n) is 28.4. The third kappa shape index (κ3) is 24.8. The number of primary amides is 1. The molecule has 1 unspecified atom stereocenters. The molecular formula is C73H111N11O17S. The standard InChI is InChI=1S/C73H111N11O17S/c1-14-46(8)63(54(99-12)37-57(87)83-36-22-26-52(83)64(100-13)47(9)65(91)76-40-53(85)49-23-17-15-18-24-49)81(10)70(96)61(44(4)5)80-68(94)62(45(6)7)82(11)72(98)101-41-48-28-30-50(31-29-48)77-66(92)51(25-21-34-75-71(74)97)78-67(93)60(43(2)3)79-56(86)27-19-16-20-35-84-58(88)38-55(69(84)95)102-42-73(32-33-73)39-59(89)90/h15,17-18,23-24,28-31,43-47,51-52,54-55,60-64H,14,16,19-22,25-27,32-42H2,1-13H3,(H,76,91)(H,77,92)(H,78,93)(H,79,86)(H,80,94)(H,89,90)(H3,74,75,97)/t46-,47+,51-,52-,54+,55?,60-,61-,62-,63-,64+/m0/s1. The lowest BCUT2D eigenvalue weighted by atomic mass is 9.89. The van der Waals surface area contributed by atoms with Crippen LogP contribution in [0.5, 0.6) is 0 Å². The number of ketones is 1. The molecule has 566 valence electrons. The number of unbranched alkanes of at least 4 members (excludes halogenated alkanes) is 2. The molecule has 11 atom stereocenters. The molecule has 9 N–H and O–H groups in total. The minimum atomic E-state index is -1.14. The normalized spacial score (nSPS) is 18.2. The van der Waals surface area contributed by atoms with Gasteiger partial charge in [-0.3, -0.25) is 62.5 Å². The number of thioether (sulfide) groups is 1. The number of carboxylic acids is 1. The highest BCUT2D eigenvalue weighted by atomic mass is 32.2. The second-order valence-corrected chi connectivity index (χ2v) is 29.6. The van der Waals surface area contributed by atoms with Gasteiger partial charge in [0.15, 0.2) is 5.78 Å². The van der Waals surface area contributed by atoms with E-state index in [9.17, 15) is 67.4 Å². The average Bonchev–Trinajstić information content (AvgIpc) is 1.57. The molecule has 5 rings (SSSR count). The number of methoxy groups -OCH3 is 2. The maximum Gasteiger partial charge on any atom is 0.410 e. The van der Waals surface area contributed by atoms with Crippen molar-refractivity contribution < 1.29 is 81.6 Å². The number of nitrogens with two attached hydrogens (primary N) is 1. The maximum atomic E-state index is 14.8. The first-order valence-corrected chi connectivity index (χ1v) is 36.7. The summed E-state index contributed by atoms with van der Waals surface area (Å²) >= 11 is 1.35. The van der Waals surface area contributed by atoms with Crippen LogP contribution in [0.1, 0.15) is 168 Å². The van der Waals surface area contributed by atoms with E-state index in [0.717, 1.165) is 12.8 Å².